The normalized spacial score (nSPS) is 16.3. The fourth-order valence-electron chi connectivity index (χ4n) is 3.15. The summed E-state index contributed by atoms with van der Waals surface area (Å²) >= 11 is 1.20. The highest BCUT2D eigenvalue weighted by atomic mass is 32.2. The molecule has 1 aliphatic heterocycles. The van der Waals surface area contributed by atoms with Crippen LogP contribution in [0.2, 0.25) is 0 Å². The van der Waals surface area contributed by atoms with Crippen molar-refractivity contribution in [1.29, 1.82) is 0 Å². The fraction of sp³-hybridized carbons (Fsp3) is 0.304. The van der Waals surface area contributed by atoms with Gasteiger partial charge < -0.3 is 9.47 Å². The zero-order chi connectivity index (χ0) is 23.4. The molecule has 0 bridgehead atoms. The highest BCUT2D eigenvalue weighted by molar-refractivity contribution is 8.18. The fourth-order valence-corrected chi connectivity index (χ4v) is 4.14. The van der Waals surface area contributed by atoms with Crippen molar-refractivity contribution in [2.45, 2.75) is 20.8 Å². The molecule has 0 atom stereocenters. The molecule has 9 heteroatoms. The third kappa shape index (κ3) is 5.11. The van der Waals surface area contributed by atoms with E-state index in [1.165, 1.54) is 44.2 Å². The summed E-state index contributed by atoms with van der Waals surface area (Å²) in [5.74, 6) is 0.568. The number of hydrogen-bond acceptors (Lipinski definition) is 7. The van der Waals surface area contributed by atoms with Gasteiger partial charge in [0.15, 0.2) is 16.7 Å². The highest BCUT2D eigenvalue weighted by Crippen LogP contribution is 2.39. The van der Waals surface area contributed by atoms with Gasteiger partial charge in [-0.05, 0) is 48.9 Å². The molecule has 0 unspecified atom stereocenters. The number of nitrogens with zero attached hydrogens (tertiary/aromatic N) is 3. The predicted octanol–water partition coefficient (Wildman–Crippen LogP) is 5.18. The second-order valence-corrected chi connectivity index (χ2v) is 8.68. The molecule has 2 aromatic rings. The van der Waals surface area contributed by atoms with Gasteiger partial charge in [0.05, 0.1) is 41.4 Å². The Hall–Kier alpha value is -3.33. The number of methoxy groups -OCH3 is 2. The molecule has 1 heterocycles. The molecule has 0 aromatic heterocycles. The maximum atomic E-state index is 13.2. The van der Waals surface area contributed by atoms with Crippen LogP contribution in [-0.4, -0.2) is 41.7 Å². The average Bonchev–Trinajstić information content (AvgIpc) is 3.03. The second kappa shape index (κ2) is 9.86. The summed E-state index contributed by atoms with van der Waals surface area (Å²) in [5, 5.41) is 12.2. The van der Waals surface area contributed by atoms with Crippen molar-refractivity contribution >= 4 is 40.3 Å². The third-order valence-electron chi connectivity index (χ3n) is 4.71. The first-order valence-electron chi connectivity index (χ1n) is 10.0. The van der Waals surface area contributed by atoms with Crippen LogP contribution in [0.15, 0.2) is 46.3 Å². The van der Waals surface area contributed by atoms with E-state index >= 15 is 0 Å². The zero-order valence-corrected chi connectivity index (χ0v) is 19.4. The van der Waals surface area contributed by atoms with Gasteiger partial charge in [-0.3, -0.25) is 19.8 Å². The molecule has 3 rings (SSSR count). The first kappa shape index (κ1) is 23.3. The first-order chi connectivity index (χ1) is 15.2. The molecule has 0 radical (unpaired) electrons. The quantitative estimate of drug-likeness (QED) is 0.324. The lowest BCUT2D eigenvalue weighted by Gasteiger charge is -2.17. The SMILES string of the molecule is COc1cc(/C=C2/SC(=Nc3ccc(C)cc3)N(CC(C)C)C2=O)c([N+](=O)[O-])cc1OC. The van der Waals surface area contributed by atoms with Crippen molar-refractivity contribution in [2.75, 3.05) is 20.8 Å². The summed E-state index contributed by atoms with van der Waals surface area (Å²) < 4.78 is 10.5. The van der Waals surface area contributed by atoms with Gasteiger partial charge >= 0.3 is 0 Å². The lowest BCUT2D eigenvalue weighted by atomic mass is 10.1. The summed E-state index contributed by atoms with van der Waals surface area (Å²) in [6, 6.07) is 10.5. The molecule has 0 N–H and O–H groups in total. The molecule has 0 aliphatic carbocycles. The number of nitro benzene ring substituents is 1. The topological polar surface area (TPSA) is 94.3 Å². The molecule has 32 heavy (non-hydrogen) atoms. The lowest BCUT2D eigenvalue weighted by molar-refractivity contribution is -0.385. The number of amidine groups is 1. The number of thioether (sulfide) groups is 1. The van der Waals surface area contributed by atoms with Crippen LogP contribution in [0.1, 0.15) is 25.0 Å². The Labute approximate surface area is 191 Å². The molecular formula is C23H25N3O5S. The van der Waals surface area contributed by atoms with Crippen molar-refractivity contribution in [3.63, 3.8) is 0 Å². The Morgan fingerprint density at radius 3 is 2.34 bits per heavy atom. The van der Waals surface area contributed by atoms with E-state index in [1.807, 2.05) is 45.0 Å². The van der Waals surface area contributed by atoms with Gasteiger partial charge in [-0.1, -0.05) is 31.5 Å². The van der Waals surface area contributed by atoms with Crippen LogP contribution in [0, 0.1) is 23.0 Å². The van der Waals surface area contributed by atoms with E-state index in [0.29, 0.717) is 22.4 Å². The molecule has 168 valence electrons. The molecule has 0 spiro atoms. The standard InChI is InChI=1S/C23H25N3O5S/c1-14(2)13-25-22(27)21(32-23(25)24-17-8-6-15(3)7-9-17)11-16-10-19(30-4)20(31-5)12-18(16)26(28)29/h6-12,14H,13H2,1-5H3/b21-11+,24-23?. The van der Waals surface area contributed by atoms with Crippen LogP contribution >= 0.6 is 11.8 Å². The summed E-state index contributed by atoms with van der Waals surface area (Å²) in [7, 11) is 2.86. The minimum atomic E-state index is -0.508. The van der Waals surface area contributed by atoms with E-state index in [1.54, 1.807) is 4.90 Å². The van der Waals surface area contributed by atoms with Crippen LogP contribution < -0.4 is 9.47 Å². The van der Waals surface area contributed by atoms with E-state index < -0.39 is 4.92 Å². The van der Waals surface area contributed by atoms with Gasteiger partial charge in [-0.15, -0.1) is 0 Å². The Morgan fingerprint density at radius 1 is 1.16 bits per heavy atom. The van der Waals surface area contributed by atoms with Gasteiger partial charge in [-0.25, -0.2) is 4.99 Å². The third-order valence-corrected chi connectivity index (χ3v) is 5.72. The summed E-state index contributed by atoms with van der Waals surface area (Å²) in [6.07, 6.45) is 1.51. The van der Waals surface area contributed by atoms with Gasteiger partial charge in [0, 0.05) is 6.54 Å². The van der Waals surface area contributed by atoms with Crippen molar-refractivity contribution < 1.29 is 19.2 Å². The number of carbonyl (C=O) groups excluding carboxylic acids is 1. The Kier molecular flexibility index (Phi) is 7.19. The number of nitro groups is 1. The summed E-state index contributed by atoms with van der Waals surface area (Å²) in [6.45, 7) is 6.51. The van der Waals surface area contributed by atoms with Crippen molar-refractivity contribution in [3.05, 3.63) is 62.5 Å². The van der Waals surface area contributed by atoms with Crippen molar-refractivity contribution in [3.8, 4) is 11.5 Å². The largest absolute Gasteiger partial charge is 0.493 e. The molecular weight excluding hydrogens is 430 g/mol. The van der Waals surface area contributed by atoms with Crippen LogP contribution in [0.3, 0.4) is 0 Å². The molecule has 8 nitrogen and oxygen atoms in total. The summed E-state index contributed by atoms with van der Waals surface area (Å²) in [4.78, 5) is 31.0. The molecule has 1 aliphatic rings. The maximum absolute atomic E-state index is 13.2. The predicted molar refractivity (Wildman–Crippen MR) is 127 cm³/mol. The number of hydrogen-bond donors (Lipinski definition) is 0. The molecule has 1 fully saturated rings. The minimum absolute atomic E-state index is 0.178. The number of carbonyl (C=O) groups is 1. The average molecular weight is 456 g/mol. The Morgan fingerprint density at radius 2 is 1.78 bits per heavy atom. The van der Waals surface area contributed by atoms with Crippen molar-refractivity contribution in [2.24, 2.45) is 10.9 Å². The van der Waals surface area contributed by atoms with E-state index in [-0.39, 0.29) is 28.8 Å². The monoisotopic (exact) mass is 455 g/mol. The minimum Gasteiger partial charge on any atom is -0.493 e. The molecule has 1 amide bonds. The molecule has 1 saturated heterocycles. The number of rotatable bonds is 7. The summed E-state index contributed by atoms with van der Waals surface area (Å²) in [5.41, 5.74) is 1.93. The number of ether oxygens (including phenoxy) is 2. The zero-order valence-electron chi connectivity index (χ0n) is 18.6. The van der Waals surface area contributed by atoms with Gasteiger partial charge in [0.25, 0.3) is 11.6 Å². The number of aryl methyl sites for hydroxylation is 1. The maximum Gasteiger partial charge on any atom is 0.280 e. The highest BCUT2D eigenvalue weighted by Gasteiger charge is 2.34. The number of aliphatic imine (C=N–C) groups is 1. The van der Waals surface area contributed by atoms with Crippen LogP contribution in [0.25, 0.3) is 6.08 Å². The van der Waals surface area contributed by atoms with Gasteiger partial charge in [-0.2, -0.15) is 0 Å². The van der Waals surface area contributed by atoms with Crippen LogP contribution in [-0.2, 0) is 4.79 Å². The molecule has 2 aromatic carbocycles. The smallest absolute Gasteiger partial charge is 0.280 e. The first-order valence-corrected chi connectivity index (χ1v) is 10.8. The lowest BCUT2D eigenvalue weighted by Crippen LogP contribution is -2.32. The van der Waals surface area contributed by atoms with Gasteiger partial charge in [0.1, 0.15) is 0 Å². The van der Waals surface area contributed by atoms with E-state index in [9.17, 15) is 14.9 Å². The second-order valence-electron chi connectivity index (χ2n) is 7.67. The number of benzene rings is 2. The van der Waals surface area contributed by atoms with Crippen LogP contribution in [0.4, 0.5) is 11.4 Å². The molecule has 0 saturated carbocycles. The Bertz CT molecular complexity index is 1090. The van der Waals surface area contributed by atoms with Crippen molar-refractivity contribution in [1.82, 2.24) is 4.90 Å². The van der Waals surface area contributed by atoms with E-state index in [2.05, 4.69) is 4.99 Å². The van der Waals surface area contributed by atoms with E-state index in [0.717, 1.165) is 11.3 Å². The van der Waals surface area contributed by atoms with Crippen LogP contribution in [0.5, 0.6) is 11.5 Å². The number of amides is 1. The Balaban J connectivity index is 2.07. The van der Waals surface area contributed by atoms with E-state index in [4.69, 9.17) is 9.47 Å². The van der Waals surface area contributed by atoms with Gasteiger partial charge in [0.2, 0.25) is 0 Å².